The molecule has 0 saturated heterocycles. The molecule has 0 bridgehead atoms. The molecule has 5 heteroatoms. The van der Waals surface area contributed by atoms with Crippen molar-refractivity contribution < 1.29 is 5.11 Å². The summed E-state index contributed by atoms with van der Waals surface area (Å²) in [6, 6.07) is 0. The largest absolute Gasteiger partial charge is 0.396 e. The summed E-state index contributed by atoms with van der Waals surface area (Å²) in [6.45, 7) is 1.95. The van der Waals surface area contributed by atoms with E-state index in [2.05, 4.69) is 14.9 Å². The predicted molar refractivity (Wildman–Crippen MR) is 59.6 cm³/mol. The van der Waals surface area contributed by atoms with Gasteiger partial charge in [-0.2, -0.15) is 0 Å². The first kappa shape index (κ1) is 11.0. The van der Waals surface area contributed by atoms with Gasteiger partial charge >= 0.3 is 0 Å². The summed E-state index contributed by atoms with van der Waals surface area (Å²) >= 11 is 1.38. The normalized spacial score (nSPS) is 19.5. The van der Waals surface area contributed by atoms with Gasteiger partial charge in [0, 0.05) is 30.5 Å². The Bertz CT molecular complexity index is 283. The Morgan fingerprint density at radius 1 is 1.47 bits per heavy atom. The Kier molecular flexibility index (Phi) is 3.66. The molecule has 2 rings (SSSR count). The lowest BCUT2D eigenvalue weighted by atomic mass is 9.87. The molecule has 1 fully saturated rings. The number of aliphatic hydroxyl groups excluding tert-OH is 1. The van der Waals surface area contributed by atoms with Gasteiger partial charge in [-0.1, -0.05) is 17.3 Å². The summed E-state index contributed by atoms with van der Waals surface area (Å²) in [5, 5.41) is 18.7. The van der Waals surface area contributed by atoms with Crippen LogP contribution in [-0.2, 0) is 6.54 Å². The molecule has 1 aliphatic rings. The van der Waals surface area contributed by atoms with E-state index in [1.165, 1.54) is 24.4 Å². The highest BCUT2D eigenvalue weighted by Crippen LogP contribution is 2.36. The molecule has 0 spiro atoms. The van der Waals surface area contributed by atoms with Gasteiger partial charge in [0.2, 0.25) is 0 Å². The van der Waals surface area contributed by atoms with Gasteiger partial charge in [0.25, 0.3) is 0 Å². The van der Waals surface area contributed by atoms with Crippen LogP contribution in [0.25, 0.3) is 0 Å². The third-order valence-corrected chi connectivity index (χ3v) is 3.76. The minimum absolute atomic E-state index is 0.128. The van der Waals surface area contributed by atoms with Gasteiger partial charge in [-0.05, 0) is 24.4 Å². The molecular formula is C10H17N3OS. The topological polar surface area (TPSA) is 58.0 Å². The number of aliphatic hydroxyl groups is 1. The second-order valence-corrected chi connectivity index (χ2v) is 4.97. The van der Waals surface area contributed by atoms with E-state index in [1.807, 2.05) is 5.38 Å². The number of nitrogens with one attached hydrogen (secondary N) is 1. The van der Waals surface area contributed by atoms with Gasteiger partial charge in [0.15, 0.2) is 0 Å². The molecule has 0 aromatic carbocycles. The van der Waals surface area contributed by atoms with E-state index in [9.17, 15) is 5.11 Å². The molecule has 1 aliphatic carbocycles. The van der Waals surface area contributed by atoms with Gasteiger partial charge in [0.05, 0.1) is 5.69 Å². The molecule has 0 aliphatic heterocycles. The average Bonchev–Trinajstić information content (AvgIpc) is 2.89. The molecule has 4 nitrogen and oxygen atoms in total. The fourth-order valence-corrected chi connectivity index (χ4v) is 2.68. The highest BCUT2D eigenvalue weighted by atomic mass is 32.1. The SMILES string of the molecule is OCC1(CNCc2csnn2)CCCC1. The van der Waals surface area contributed by atoms with Crippen molar-refractivity contribution in [2.45, 2.75) is 32.2 Å². The highest BCUT2D eigenvalue weighted by Gasteiger charge is 2.32. The Labute approximate surface area is 93.9 Å². The molecule has 15 heavy (non-hydrogen) atoms. The third-order valence-electron chi connectivity index (χ3n) is 3.21. The van der Waals surface area contributed by atoms with E-state index < -0.39 is 0 Å². The molecule has 0 unspecified atom stereocenters. The van der Waals surface area contributed by atoms with E-state index in [1.54, 1.807) is 0 Å². The zero-order chi connectivity index (χ0) is 10.6. The fourth-order valence-electron chi connectivity index (χ4n) is 2.23. The number of aromatic nitrogens is 2. The van der Waals surface area contributed by atoms with Crippen molar-refractivity contribution in [2.75, 3.05) is 13.2 Å². The third kappa shape index (κ3) is 2.74. The molecule has 1 saturated carbocycles. The van der Waals surface area contributed by atoms with Crippen LogP contribution < -0.4 is 5.32 Å². The molecule has 0 radical (unpaired) electrons. The van der Waals surface area contributed by atoms with Crippen molar-refractivity contribution in [2.24, 2.45) is 5.41 Å². The summed E-state index contributed by atoms with van der Waals surface area (Å²) in [4.78, 5) is 0. The van der Waals surface area contributed by atoms with Crippen LogP contribution in [-0.4, -0.2) is 27.8 Å². The van der Waals surface area contributed by atoms with E-state index >= 15 is 0 Å². The fraction of sp³-hybridized carbons (Fsp3) is 0.800. The minimum Gasteiger partial charge on any atom is -0.396 e. The first-order valence-electron chi connectivity index (χ1n) is 5.42. The Balaban J connectivity index is 1.77. The smallest absolute Gasteiger partial charge is 0.0893 e. The zero-order valence-electron chi connectivity index (χ0n) is 8.78. The van der Waals surface area contributed by atoms with Crippen molar-refractivity contribution in [3.8, 4) is 0 Å². The Morgan fingerprint density at radius 3 is 2.87 bits per heavy atom. The predicted octanol–water partition coefficient (Wildman–Crippen LogP) is 1.18. The van der Waals surface area contributed by atoms with Crippen LogP contribution in [0.5, 0.6) is 0 Å². The van der Waals surface area contributed by atoms with E-state index in [0.717, 1.165) is 31.6 Å². The summed E-state index contributed by atoms with van der Waals surface area (Å²) in [5.74, 6) is 0. The number of nitrogens with zero attached hydrogens (tertiary/aromatic N) is 2. The first-order valence-corrected chi connectivity index (χ1v) is 6.26. The van der Waals surface area contributed by atoms with E-state index in [0.29, 0.717) is 6.61 Å². The summed E-state index contributed by atoms with van der Waals surface area (Å²) in [7, 11) is 0. The molecule has 1 aromatic heterocycles. The molecule has 84 valence electrons. The van der Waals surface area contributed by atoms with Gasteiger partial charge in [0.1, 0.15) is 0 Å². The van der Waals surface area contributed by atoms with Crippen molar-refractivity contribution in [3.05, 3.63) is 11.1 Å². The average molecular weight is 227 g/mol. The van der Waals surface area contributed by atoms with Crippen LogP contribution >= 0.6 is 11.5 Å². The second-order valence-electron chi connectivity index (χ2n) is 4.37. The van der Waals surface area contributed by atoms with Crippen LogP contribution in [0.15, 0.2) is 5.38 Å². The Hall–Kier alpha value is -0.520. The number of hydrogen-bond acceptors (Lipinski definition) is 5. The van der Waals surface area contributed by atoms with E-state index in [4.69, 9.17) is 0 Å². The Morgan fingerprint density at radius 2 is 2.27 bits per heavy atom. The summed E-state index contributed by atoms with van der Waals surface area (Å²) < 4.78 is 3.81. The van der Waals surface area contributed by atoms with E-state index in [-0.39, 0.29) is 5.41 Å². The minimum atomic E-state index is 0.128. The maximum atomic E-state index is 9.41. The van der Waals surface area contributed by atoms with Gasteiger partial charge in [-0.25, -0.2) is 0 Å². The van der Waals surface area contributed by atoms with Crippen molar-refractivity contribution >= 4 is 11.5 Å². The molecule has 2 N–H and O–H groups in total. The molecule has 0 atom stereocenters. The summed E-state index contributed by atoms with van der Waals surface area (Å²) in [5.41, 5.74) is 1.12. The van der Waals surface area contributed by atoms with Crippen LogP contribution in [0.1, 0.15) is 31.4 Å². The maximum Gasteiger partial charge on any atom is 0.0893 e. The monoisotopic (exact) mass is 227 g/mol. The van der Waals surface area contributed by atoms with Gasteiger partial charge in [-0.15, -0.1) is 5.10 Å². The van der Waals surface area contributed by atoms with Crippen LogP contribution in [0.3, 0.4) is 0 Å². The highest BCUT2D eigenvalue weighted by molar-refractivity contribution is 7.03. The van der Waals surface area contributed by atoms with Gasteiger partial charge in [-0.3, -0.25) is 0 Å². The lowest BCUT2D eigenvalue weighted by molar-refractivity contribution is 0.128. The quantitative estimate of drug-likeness (QED) is 0.793. The molecule has 0 amide bonds. The molecule has 1 heterocycles. The maximum absolute atomic E-state index is 9.41. The van der Waals surface area contributed by atoms with Crippen molar-refractivity contribution in [1.29, 1.82) is 0 Å². The van der Waals surface area contributed by atoms with Crippen LogP contribution in [0.2, 0.25) is 0 Å². The van der Waals surface area contributed by atoms with Crippen molar-refractivity contribution in [1.82, 2.24) is 14.9 Å². The standard InChI is InChI=1S/C10H17N3OS/c14-8-10(3-1-2-4-10)7-11-5-9-6-15-13-12-9/h6,11,14H,1-5,7-8H2. The van der Waals surface area contributed by atoms with Crippen molar-refractivity contribution in [3.63, 3.8) is 0 Å². The van der Waals surface area contributed by atoms with Crippen LogP contribution in [0, 0.1) is 5.41 Å². The number of rotatable bonds is 5. The zero-order valence-corrected chi connectivity index (χ0v) is 9.59. The number of hydrogen-bond donors (Lipinski definition) is 2. The molecular weight excluding hydrogens is 210 g/mol. The van der Waals surface area contributed by atoms with Gasteiger partial charge < -0.3 is 10.4 Å². The van der Waals surface area contributed by atoms with Crippen LogP contribution in [0.4, 0.5) is 0 Å². The second kappa shape index (κ2) is 5.01. The molecule has 1 aromatic rings. The first-order chi connectivity index (χ1) is 7.35. The lowest BCUT2D eigenvalue weighted by Crippen LogP contribution is -2.34. The lowest BCUT2D eigenvalue weighted by Gasteiger charge is -2.26. The summed E-state index contributed by atoms with van der Waals surface area (Å²) in [6.07, 6.45) is 4.79.